The van der Waals surface area contributed by atoms with Gasteiger partial charge in [0.15, 0.2) is 0 Å². The van der Waals surface area contributed by atoms with Crippen LogP contribution in [0.2, 0.25) is 0 Å². The summed E-state index contributed by atoms with van der Waals surface area (Å²) in [5.41, 5.74) is 0. The molecule has 0 aliphatic rings. The van der Waals surface area contributed by atoms with Gasteiger partial charge in [-0.2, -0.15) is 0 Å². The summed E-state index contributed by atoms with van der Waals surface area (Å²) in [4.78, 5) is 13.7. The maximum Gasteiger partial charge on any atom is 0.342 e. The van der Waals surface area contributed by atoms with Crippen molar-refractivity contribution in [1.29, 1.82) is 0 Å². The van der Waals surface area contributed by atoms with Gasteiger partial charge in [0.1, 0.15) is 6.73 Å². The van der Waals surface area contributed by atoms with E-state index in [0.717, 1.165) is 0 Å². The number of nitrogens with zero attached hydrogens (tertiary/aromatic N) is 1. The van der Waals surface area contributed by atoms with Gasteiger partial charge in [0.25, 0.3) is 0 Å². The second kappa shape index (κ2) is 6.18. The van der Waals surface area contributed by atoms with Gasteiger partial charge in [-0.05, 0) is 0 Å². The molecule has 0 saturated carbocycles. The standard InChI is InChI=1S/C5H10N2O3/c8-3-1-2-6-5(10)7-4-9/h2,8-9H,1,3-4H2,(H,7,10). The van der Waals surface area contributed by atoms with Crippen molar-refractivity contribution >= 4 is 12.2 Å². The van der Waals surface area contributed by atoms with Crippen LogP contribution in [0.3, 0.4) is 0 Å². The van der Waals surface area contributed by atoms with Crippen LogP contribution >= 0.6 is 0 Å². The average molecular weight is 146 g/mol. The summed E-state index contributed by atoms with van der Waals surface area (Å²) in [5, 5.41) is 18.4. The summed E-state index contributed by atoms with van der Waals surface area (Å²) in [5.74, 6) is 0. The molecule has 0 aromatic carbocycles. The number of rotatable bonds is 3. The smallest absolute Gasteiger partial charge is 0.342 e. The Labute approximate surface area is 58.4 Å². The number of hydrogen-bond donors (Lipinski definition) is 3. The number of aliphatic hydroxyl groups is 2. The molecule has 0 radical (unpaired) electrons. The van der Waals surface area contributed by atoms with Gasteiger partial charge in [0.2, 0.25) is 0 Å². The Kier molecular flexibility index (Phi) is 5.60. The van der Waals surface area contributed by atoms with E-state index in [1.807, 2.05) is 5.32 Å². The van der Waals surface area contributed by atoms with Crippen LogP contribution in [0.15, 0.2) is 4.99 Å². The number of hydrogen-bond acceptors (Lipinski definition) is 3. The van der Waals surface area contributed by atoms with Crippen LogP contribution < -0.4 is 5.32 Å². The average Bonchev–Trinajstić information content (AvgIpc) is 1.89. The SMILES string of the molecule is O=C(N=CCCO)NCO. The van der Waals surface area contributed by atoms with Gasteiger partial charge in [-0.1, -0.05) is 0 Å². The number of aliphatic hydroxyl groups excluding tert-OH is 2. The highest BCUT2D eigenvalue weighted by Crippen LogP contribution is 1.73. The van der Waals surface area contributed by atoms with E-state index in [-0.39, 0.29) is 6.61 Å². The van der Waals surface area contributed by atoms with Crippen LogP contribution in [-0.4, -0.2) is 35.8 Å². The molecule has 5 heteroatoms. The summed E-state index contributed by atoms with van der Waals surface area (Å²) < 4.78 is 0. The van der Waals surface area contributed by atoms with Crippen molar-refractivity contribution in [3.8, 4) is 0 Å². The van der Waals surface area contributed by atoms with Crippen molar-refractivity contribution in [1.82, 2.24) is 5.32 Å². The normalized spacial score (nSPS) is 10.2. The molecule has 0 aromatic rings. The summed E-state index contributed by atoms with van der Waals surface area (Å²) in [6.07, 6.45) is 1.63. The summed E-state index contributed by atoms with van der Waals surface area (Å²) in [7, 11) is 0. The first-order valence-electron chi connectivity index (χ1n) is 2.83. The molecule has 10 heavy (non-hydrogen) atoms. The Morgan fingerprint density at radius 3 is 2.80 bits per heavy atom. The highest BCUT2D eigenvalue weighted by Gasteiger charge is 1.89. The Morgan fingerprint density at radius 2 is 2.30 bits per heavy atom. The minimum Gasteiger partial charge on any atom is -0.396 e. The molecule has 0 spiro atoms. The molecule has 5 nitrogen and oxygen atoms in total. The minimum absolute atomic E-state index is 0.0318. The summed E-state index contributed by atoms with van der Waals surface area (Å²) in [6.45, 7) is -0.453. The van der Waals surface area contributed by atoms with Crippen LogP contribution in [-0.2, 0) is 0 Å². The third kappa shape index (κ3) is 5.20. The van der Waals surface area contributed by atoms with Crippen molar-refractivity contribution < 1.29 is 15.0 Å². The second-order valence-corrected chi connectivity index (χ2v) is 1.46. The van der Waals surface area contributed by atoms with Gasteiger partial charge in [0.05, 0.1) is 0 Å². The molecular weight excluding hydrogens is 136 g/mol. The Balaban J connectivity index is 3.36. The lowest BCUT2D eigenvalue weighted by Gasteiger charge is -1.91. The number of carbonyl (C=O) groups is 1. The third-order valence-electron chi connectivity index (χ3n) is 0.697. The van der Waals surface area contributed by atoms with E-state index in [2.05, 4.69) is 4.99 Å². The van der Waals surface area contributed by atoms with Gasteiger partial charge in [-0.25, -0.2) is 9.79 Å². The number of carbonyl (C=O) groups excluding carboxylic acids is 1. The predicted molar refractivity (Wildman–Crippen MR) is 35.8 cm³/mol. The molecular formula is C5H10N2O3. The van der Waals surface area contributed by atoms with Crippen molar-refractivity contribution in [3.05, 3.63) is 0 Å². The number of nitrogens with one attached hydrogen (secondary N) is 1. The van der Waals surface area contributed by atoms with Gasteiger partial charge < -0.3 is 15.5 Å². The monoisotopic (exact) mass is 146 g/mol. The number of aliphatic imine (C=N–C) groups is 1. The largest absolute Gasteiger partial charge is 0.396 e. The fourth-order valence-corrected chi connectivity index (χ4v) is 0.318. The first kappa shape index (κ1) is 9.06. The third-order valence-corrected chi connectivity index (χ3v) is 0.697. The molecule has 0 heterocycles. The summed E-state index contributed by atoms with van der Waals surface area (Å²) in [6, 6.07) is -0.601. The molecule has 0 atom stereocenters. The van der Waals surface area contributed by atoms with E-state index in [4.69, 9.17) is 10.2 Å². The van der Waals surface area contributed by atoms with Gasteiger partial charge in [0, 0.05) is 19.2 Å². The number of urea groups is 1. The molecule has 0 unspecified atom stereocenters. The van der Waals surface area contributed by atoms with Crippen LogP contribution in [0.25, 0.3) is 0 Å². The van der Waals surface area contributed by atoms with Gasteiger partial charge in [-0.15, -0.1) is 0 Å². The maximum absolute atomic E-state index is 10.4. The molecule has 3 N–H and O–H groups in total. The molecule has 0 aliphatic carbocycles. The first-order valence-corrected chi connectivity index (χ1v) is 2.83. The molecule has 0 bridgehead atoms. The van der Waals surface area contributed by atoms with E-state index in [1.54, 1.807) is 0 Å². The van der Waals surface area contributed by atoms with Crippen molar-refractivity contribution in [2.45, 2.75) is 6.42 Å². The first-order chi connectivity index (χ1) is 4.81. The van der Waals surface area contributed by atoms with Crippen LogP contribution in [0, 0.1) is 0 Å². The lowest BCUT2D eigenvalue weighted by atomic mass is 10.5. The van der Waals surface area contributed by atoms with Crippen molar-refractivity contribution in [2.75, 3.05) is 13.3 Å². The quantitative estimate of drug-likeness (QED) is 0.356. The maximum atomic E-state index is 10.4. The molecule has 0 rings (SSSR count). The van der Waals surface area contributed by atoms with Crippen molar-refractivity contribution in [2.24, 2.45) is 4.99 Å². The highest BCUT2D eigenvalue weighted by atomic mass is 16.3. The zero-order chi connectivity index (χ0) is 7.82. The Hall–Kier alpha value is -0.940. The molecule has 0 aromatic heterocycles. The van der Waals surface area contributed by atoms with Crippen LogP contribution in [0.4, 0.5) is 4.79 Å². The minimum atomic E-state index is -0.601. The van der Waals surface area contributed by atoms with E-state index >= 15 is 0 Å². The molecule has 0 fully saturated rings. The number of amides is 2. The van der Waals surface area contributed by atoms with E-state index in [1.165, 1.54) is 6.21 Å². The molecule has 2 amide bonds. The van der Waals surface area contributed by atoms with Gasteiger partial charge in [-0.3, -0.25) is 0 Å². The fraction of sp³-hybridized carbons (Fsp3) is 0.600. The lowest BCUT2D eigenvalue weighted by molar-refractivity contribution is 0.225. The van der Waals surface area contributed by atoms with E-state index < -0.39 is 12.8 Å². The Morgan fingerprint density at radius 1 is 1.60 bits per heavy atom. The highest BCUT2D eigenvalue weighted by molar-refractivity contribution is 5.83. The van der Waals surface area contributed by atoms with Crippen LogP contribution in [0.5, 0.6) is 0 Å². The van der Waals surface area contributed by atoms with E-state index in [9.17, 15) is 4.79 Å². The van der Waals surface area contributed by atoms with Gasteiger partial charge >= 0.3 is 6.03 Å². The topological polar surface area (TPSA) is 81.9 Å². The lowest BCUT2D eigenvalue weighted by Crippen LogP contribution is -2.20. The van der Waals surface area contributed by atoms with Crippen molar-refractivity contribution in [3.63, 3.8) is 0 Å². The van der Waals surface area contributed by atoms with Crippen LogP contribution in [0.1, 0.15) is 6.42 Å². The predicted octanol–water partition coefficient (Wildman–Crippen LogP) is -0.901. The molecule has 0 aliphatic heterocycles. The second-order valence-electron chi connectivity index (χ2n) is 1.46. The van der Waals surface area contributed by atoms with E-state index in [0.29, 0.717) is 6.42 Å². The molecule has 0 saturated heterocycles. The zero-order valence-corrected chi connectivity index (χ0v) is 5.45. The zero-order valence-electron chi connectivity index (χ0n) is 5.45. The fourth-order valence-electron chi connectivity index (χ4n) is 0.318. The summed E-state index contributed by atoms with van der Waals surface area (Å²) >= 11 is 0. The Bertz CT molecular complexity index is 124. The molecule has 58 valence electrons.